The van der Waals surface area contributed by atoms with E-state index < -0.39 is 11.5 Å². The molecule has 1 aromatic carbocycles. The maximum absolute atomic E-state index is 10.9. The van der Waals surface area contributed by atoms with Crippen LogP contribution in [-0.2, 0) is 4.79 Å². The van der Waals surface area contributed by atoms with Crippen LogP contribution in [0.3, 0.4) is 0 Å². The van der Waals surface area contributed by atoms with Crippen molar-refractivity contribution in [1.82, 2.24) is 0 Å². The van der Waals surface area contributed by atoms with Crippen molar-refractivity contribution in [3.8, 4) is 5.75 Å². The number of hydrogen-bond donors (Lipinski definition) is 2. The second-order valence-electron chi connectivity index (χ2n) is 3.88. The number of ether oxygens (including phenoxy) is 1. The van der Waals surface area contributed by atoms with E-state index in [1.807, 2.05) is 24.3 Å². The van der Waals surface area contributed by atoms with E-state index in [0.29, 0.717) is 6.42 Å². The molecule has 0 unspecified atom stereocenters. The summed E-state index contributed by atoms with van der Waals surface area (Å²) in [5, 5.41) is 8.91. The molecule has 80 valence electrons. The Balaban J connectivity index is 2.23. The Bertz CT molecular complexity index is 405. The van der Waals surface area contributed by atoms with Gasteiger partial charge in [0.05, 0.1) is 7.11 Å². The van der Waals surface area contributed by atoms with Crippen molar-refractivity contribution < 1.29 is 14.6 Å². The molecule has 4 heteroatoms. The van der Waals surface area contributed by atoms with Crippen LogP contribution in [0.4, 0.5) is 0 Å². The lowest BCUT2D eigenvalue weighted by Gasteiger charge is -2.06. The number of carboxylic acids is 1. The highest BCUT2D eigenvalue weighted by Gasteiger charge is 2.58. The predicted molar refractivity (Wildman–Crippen MR) is 54.9 cm³/mol. The van der Waals surface area contributed by atoms with Crippen molar-refractivity contribution in [2.24, 2.45) is 5.73 Å². The van der Waals surface area contributed by atoms with Gasteiger partial charge in [-0.25, -0.2) is 0 Å². The molecule has 0 saturated heterocycles. The van der Waals surface area contributed by atoms with Crippen molar-refractivity contribution in [2.45, 2.75) is 17.9 Å². The Morgan fingerprint density at radius 1 is 1.67 bits per heavy atom. The average molecular weight is 207 g/mol. The molecule has 1 aliphatic rings. The molecule has 1 aliphatic carbocycles. The SMILES string of the molecule is COc1cccc([C@@H]2C[C@@]2(N)C(=O)O)c1. The third kappa shape index (κ3) is 1.57. The van der Waals surface area contributed by atoms with Crippen molar-refractivity contribution in [1.29, 1.82) is 0 Å². The summed E-state index contributed by atoms with van der Waals surface area (Å²) in [6, 6.07) is 7.38. The second kappa shape index (κ2) is 3.24. The van der Waals surface area contributed by atoms with Crippen molar-refractivity contribution in [3.63, 3.8) is 0 Å². The van der Waals surface area contributed by atoms with E-state index in [9.17, 15) is 4.79 Å². The minimum atomic E-state index is -1.08. The number of methoxy groups -OCH3 is 1. The van der Waals surface area contributed by atoms with Gasteiger partial charge in [-0.2, -0.15) is 0 Å². The number of hydrogen-bond acceptors (Lipinski definition) is 3. The van der Waals surface area contributed by atoms with Crippen LogP contribution in [0.15, 0.2) is 24.3 Å². The molecule has 2 rings (SSSR count). The summed E-state index contributed by atoms with van der Waals surface area (Å²) in [5.41, 5.74) is 5.57. The monoisotopic (exact) mass is 207 g/mol. The van der Waals surface area contributed by atoms with E-state index in [1.54, 1.807) is 7.11 Å². The number of carboxylic acid groups (broad SMARTS) is 1. The molecule has 0 bridgehead atoms. The maximum atomic E-state index is 10.9. The third-order valence-electron chi connectivity index (χ3n) is 2.90. The minimum Gasteiger partial charge on any atom is -0.497 e. The fourth-order valence-corrected chi connectivity index (χ4v) is 1.79. The van der Waals surface area contributed by atoms with Crippen LogP contribution in [0.1, 0.15) is 17.9 Å². The van der Waals surface area contributed by atoms with E-state index >= 15 is 0 Å². The Labute approximate surface area is 87.7 Å². The molecule has 4 nitrogen and oxygen atoms in total. The van der Waals surface area contributed by atoms with Gasteiger partial charge in [0.1, 0.15) is 11.3 Å². The van der Waals surface area contributed by atoms with Gasteiger partial charge in [0.25, 0.3) is 0 Å². The first-order valence-electron chi connectivity index (χ1n) is 4.74. The first-order valence-corrected chi connectivity index (χ1v) is 4.74. The second-order valence-corrected chi connectivity index (χ2v) is 3.88. The van der Waals surface area contributed by atoms with Gasteiger partial charge in [0.2, 0.25) is 0 Å². The Morgan fingerprint density at radius 3 is 2.93 bits per heavy atom. The number of rotatable bonds is 3. The summed E-state index contributed by atoms with van der Waals surface area (Å²) < 4.78 is 5.07. The summed E-state index contributed by atoms with van der Waals surface area (Å²) in [7, 11) is 1.58. The first kappa shape index (κ1) is 9.98. The van der Waals surface area contributed by atoms with Crippen LogP contribution in [0.2, 0.25) is 0 Å². The molecule has 15 heavy (non-hydrogen) atoms. The summed E-state index contributed by atoms with van der Waals surface area (Å²) in [6.07, 6.45) is 0.496. The highest BCUT2D eigenvalue weighted by molar-refractivity contribution is 5.84. The highest BCUT2D eigenvalue weighted by atomic mass is 16.5. The molecule has 0 radical (unpaired) electrons. The van der Waals surface area contributed by atoms with Crippen molar-refractivity contribution in [3.05, 3.63) is 29.8 Å². The van der Waals surface area contributed by atoms with Gasteiger partial charge >= 0.3 is 5.97 Å². The number of benzene rings is 1. The zero-order valence-corrected chi connectivity index (χ0v) is 8.43. The lowest BCUT2D eigenvalue weighted by atomic mass is 10.1. The fraction of sp³-hybridized carbons (Fsp3) is 0.364. The smallest absolute Gasteiger partial charge is 0.324 e. The Morgan fingerprint density at radius 2 is 2.40 bits per heavy atom. The molecule has 0 amide bonds. The van der Waals surface area contributed by atoms with Gasteiger partial charge in [-0.3, -0.25) is 4.79 Å². The molecule has 1 saturated carbocycles. The van der Waals surface area contributed by atoms with E-state index in [2.05, 4.69) is 0 Å². The lowest BCUT2D eigenvalue weighted by molar-refractivity contribution is -0.139. The van der Waals surface area contributed by atoms with Crippen LogP contribution < -0.4 is 10.5 Å². The zero-order chi connectivity index (χ0) is 11.1. The first-order chi connectivity index (χ1) is 7.08. The summed E-state index contributed by atoms with van der Waals surface area (Å²) in [4.78, 5) is 10.9. The molecule has 1 aromatic rings. The Hall–Kier alpha value is -1.55. The zero-order valence-electron chi connectivity index (χ0n) is 8.43. The van der Waals surface area contributed by atoms with Crippen LogP contribution in [0.5, 0.6) is 5.75 Å². The summed E-state index contributed by atoms with van der Waals surface area (Å²) >= 11 is 0. The fourth-order valence-electron chi connectivity index (χ4n) is 1.79. The van der Waals surface area contributed by atoms with Gasteiger partial charge in [-0.05, 0) is 24.1 Å². The third-order valence-corrected chi connectivity index (χ3v) is 2.90. The van der Waals surface area contributed by atoms with Gasteiger partial charge in [-0.1, -0.05) is 12.1 Å². The molecule has 0 spiro atoms. The van der Waals surface area contributed by atoms with Gasteiger partial charge < -0.3 is 15.6 Å². The van der Waals surface area contributed by atoms with Gasteiger partial charge in [0, 0.05) is 5.92 Å². The molecule has 1 fully saturated rings. The van der Waals surface area contributed by atoms with Crippen LogP contribution >= 0.6 is 0 Å². The quantitative estimate of drug-likeness (QED) is 0.774. The standard InChI is InChI=1S/C11H13NO3/c1-15-8-4-2-3-7(5-8)9-6-11(9,12)10(13)14/h2-5,9H,6,12H2,1H3,(H,13,14)/t9-,11-/m0/s1. The normalized spacial score (nSPS) is 28.5. The molecule has 2 atom stereocenters. The van der Waals surface area contributed by atoms with E-state index in [1.165, 1.54) is 0 Å². The van der Waals surface area contributed by atoms with Gasteiger partial charge in [0.15, 0.2) is 0 Å². The number of aliphatic carboxylic acids is 1. The van der Waals surface area contributed by atoms with Crippen LogP contribution in [0.25, 0.3) is 0 Å². The number of carbonyl (C=O) groups is 1. The average Bonchev–Trinajstić information content (AvgIpc) is 2.93. The molecular weight excluding hydrogens is 194 g/mol. The van der Waals surface area contributed by atoms with E-state index in [0.717, 1.165) is 11.3 Å². The lowest BCUT2D eigenvalue weighted by Crippen LogP contribution is -2.34. The summed E-state index contributed by atoms with van der Waals surface area (Å²) in [6.45, 7) is 0. The van der Waals surface area contributed by atoms with Crippen molar-refractivity contribution in [2.75, 3.05) is 7.11 Å². The van der Waals surface area contributed by atoms with Crippen LogP contribution in [-0.4, -0.2) is 23.7 Å². The Kier molecular flexibility index (Phi) is 2.16. The van der Waals surface area contributed by atoms with Gasteiger partial charge in [-0.15, -0.1) is 0 Å². The molecule has 0 aromatic heterocycles. The van der Waals surface area contributed by atoms with Crippen LogP contribution in [0, 0.1) is 0 Å². The van der Waals surface area contributed by atoms with E-state index in [4.69, 9.17) is 15.6 Å². The molecule has 3 N–H and O–H groups in total. The molecule has 0 aliphatic heterocycles. The largest absolute Gasteiger partial charge is 0.497 e. The van der Waals surface area contributed by atoms with E-state index in [-0.39, 0.29) is 5.92 Å². The topological polar surface area (TPSA) is 72.5 Å². The maximum Gasteiger partial charge on any atom is 0.324 e. The summed E-state index contributed by atoms with van der Waals surface area (Å²) in [5.74, 6) is -0.299. The van der Waals surface area contributed by atoms with Crippen molar-refractivity contribution >= 4 is 5.97 Å². The molecular formula is C11H13NO3. The predicted octanol–water partition coefficient (Wildman–Crippen LogP) is 0.965. The number of nitrogens with two attached hydrogens (primary N) is 1. The minimum absolute atomic E-state index is 0.0925. The highest BCUT2D eigenvalue weighted by Crippen LogP contribution is 2.50. The molecule has 0 heterocycles.